The fourth-order valence-electron chi connectivity index (χ4n) is 1.14. The zero-order chi connectivity index (χ0) is 10.7. The lowest BCUT2D eigenvalue weighted by Crippen LogP contribution is -2.02. The van der Waals surface area contributed by atoms with E-state index in [4.69, 9.17) is 15.1 Å². The summed E-state index contributed by atoms with van der Waals surface area (Å²) in [6.45, 7) is 1.60. The second kappa shape index (κ2) is 3.79. The summed E-state index contributed by atoms with van der Waals surface area (Å²) in [4.78, 5) is 10.8. The van der Waals surface area contributed by atoms with Crippen LogP contribution in [0, 0.1) is 18.3 Å². The first-order valence-electron chi connectivity index (χ1n) is 3.92. The average Bonchev–Trinajstić information content (AvgIpc) is 2.17. The molecule has 0 amide bonds. The Labute approximate surface area is 81.4 Å². The van der Waals surface area contributed by atoms with Gasteiger partial charge in [0.25, 0.3) is 0 Å². The molecule has 0 atom stereocenters. The van der Waals surface area contributed by atoms with E-state index in [0.717, 1.165) is 0 Å². The zero-order valence-corrected chi connectivity index (χ0v) is 7.87. The zero-order valence-electron chi connectivity index (χ0n) is 7.87. The molecule has 1 aromatic rings. The van der Waals surface area contributed by atoms with E-state index in [1.54, 1.807) is 6.92 Å². The number of ether oxygens (including phenoxy) is 1. The summed E-state index contributed by atoms with van der Waals surface area (Å²) in [6, 6.07) is 4.84. The summed E-state index contributed by atoms with van der Waals surface area (Å²) in [5.74, 6) is -0.678. The maximum atomic E-state index is 10.8. The van der Waals surface area contributed by atoms with Crippen LogP contribution in [0.15, 0.2) is 12.1 Å². The van der Waals surface area contributed by atoms with E-state index in [1.807, 2.05) is 6.07 Å². The Balaban J connectivity index is 3.44. The van der Waals surface area contributed by atoms with Gasteiger partial charge in [0.1, 0.15) is 5.75 Å². The van der Waals surface area contributed by atoms with Gasteiger partial charge in [-0.05, 0) is 24.6 Å². The fourth-order valence-corrected chi connectivity index (χ4v) is 1.14. The van der Waals surface area contributed by atoms with Crippen molar-refractivity contribution < 1.29 is 14.6 Å². The van der Waals surface area contributed by atoms with Crippen molar-refractivity contribution in [3.8, 4) is 11.8 Å². The van der Waals surface area contributed by atoms with Crippen LogP contribution in [-0.2, 0) is 0 Å². The third-order valence-corrected chi connectivity index (χ3v) is 1.97. The molecule has 0 saturated heterocycles. The van der Waals surface area contributed by atoms with Gasteiger partial charge in [0.05, 0.1) is 24.3 Å². The van der Waals surface area contributed by atoms with Gasteiger partial charge in [0, 0.05) is 0 Å². The Kier molecular flexibility index (Phi) is 2.73. The topological polar surface area (TPSA) is 70.3 Å². The molecule has 0 aliphatic heterocycles. The van der Waals surface area contributed by atoms with Crippen LogP contribution >= 0.6 is 0 Å². The molecule has 0 aromatic heterocycles. The minimum absolute atomic E-state index is 0.0981. The summed E-state index contributed by atoms with van der Waals surface area (Å²) in [6.07, 6.45) is 0. The van der Waals surface area contributed by atoms with E-state index in [1.165, 1.54) is 19.2 Å². The summed E-state index contributed by atoms with van der Waals surface area (Å²) >= 11 is 0. The molecule has 0 fully saturated rings. The van der Waals surface area contributed by atoms with Gasteiger partial charge in [0.2, 0.25) is 0 Å². The highest BCUT2D eigenvalue weighted by Crippen LogP contribution is 2.21. The molecule has 0 heterocycles. The molecule has 0 saturated carbocycles. The first kappa shape index (κ1) is 10.1. The van der Waals surface area contributed by atoms with Crippen molar-refractivity contribution in [1.29, 1.82) is 5.26 Å². The molecule has 0 aliphatic carbocycles. The first-order chi connectivity index (χ1) is 6.60. The standard InChI is InChI=1S/C10H9NO3/c1-6-7(5-11)3-8(14-2)4-9(6)10(12)13/h3-4H,1-2H3,(H,12,13). The average molecular weight is 191 g/mol. The van der Waals surface area contributed by atoms with Gasteiger partial charge in [-0.1, -0.05) is 0 Å². The third-order valence-electron chi connectivity index (χ3n) is 1.97. The molecule has 0 bridgehead atoms. The summed E-state index contributed by atoms with van der Waals surface area (Å²) < 4.78 is 4.89. The highest BCUT2D eigenvalue weighted by molar-refractivity contribution is 5.90. The maximum absolute atomic E-state index is 10.8. The van der Waals surface area contributed by atoms with Crippen molar-refractivity contribution in [2.24, 2.45) is 0 Å². The Morgan fingerprint density at radius 3 is 2.64 bits per heavy atom. The van der Waals surface area contributed by atoms with Crippen LogP contribution in [0.25, 0.3) is 0 Å². The molecule has 72 valence electrons. The largest absolute Gasteiger partial charge is 0.497 e. The van der Waals surface area contributed by atoms with Crippen LogP contribution < -0.4 is 4.74 Å². The lowest BCUT2D eigenvalue weighted by atomic mass is 10.0. The number of carboxylic acid groups (broad SMARTS) is 1. The number of benzene rings is 1. The Bertz CT molecular complexity index is 418. The smallest absolute Gasteiger partial charge is 0.336 e. The van der Waals surface area contributed by atoms with Crippen molar-refractivity contribution >= 4 is 5.97 Å². The third kappa shape index (κ3) is 1.67. The number of methoxy groups -OCH3 is 1. The highest BCUT2D eigenvalue weighted by atomic mass is 16.5. The number of rotatable bonds is 2. The van der Waals surface area contributed by atoms with Crippen molar-refractivity contribution in [3.05, 3.63) is 28.8 Å². The fraction of sp³-hybridized carbons (Fsp3) is 0.200. The van der Waals surface area contributed by atoms with Gasteiger partial charge in [-0.25, -0.2) is 4.79 Å². The van der Waals surface area contributed by atoms with E-state index in [-0.39, 0.29) is 5.56 Å². The molecule has 1 aromatic carbocycles. The van der Waals surface area contributed by atoms with Crippen LogP contribution in [0.2, 0.25) is 0 Å². The van der Waals surface area contributed by atoms with E-state index in [0.29, 0.717) is 16.9 Å². The molecule has 1 rings (SSSR count). The Morgan fingerprint density at radius 2 is 2.21 bits per heavy atom. The minimum atomic E-state index is -1.06. The predicted octanol–water partition coefficient (Wildman–Crippen LogP) is 1.57. The van der Waals surface area contributed by atoms with Crippen LogP contribution in [0.5, 0.6) is 5.75 Å². The molecule has 0 aliphatic rings. The number of hydrogen-bond donors (Lipinski definition) is 1. The minimum Gasteiger partial charge on any atom is -0.497 e. The molecule has 0 radical (unpaired) electrons. The van der Waals surface area contributed by atoms with Crippen LogP contribution in [0.1, 0.15) is 21.5 Å². The number of aromatic carboxylic acids is 1. The summed E-state index contributed by atoms with van der Waals surface area (Å²) in [5, 5.41) is 17.6. The number of nitrogens with zero attached hydrogens (tertiary/aromatic N) is 1. The molecule has 4 heteroatoms. The van der Waals surface area contributed by atoms with Gasteiger partial charge in [-0.3, -0.25) is 0 Å². The molecule has 4 nitrogen and oxygen atoms in total. The van der Waals surface area contributed by atoms with Crippen molar-refractivity contribution in [3.63, 3.8) is 0 Å². The van der Waals surface area contributed by atoms with Gasteiger partial charge in [-0.2, -0.15) is 5.26 Å². The SMILES string of the molecule is COc1cc(C#N)c(C)c(C(=O)O)c1. The molecule has 0 unspecified atom stereocenters. The quantitative estimate of drug-likeness (QED) is 0.770. The second-order valence-electron chi connectivity index (χ2n) is 2.76. The predicted molar refractivity (Wildman–Crippen MR) is 49.4 cm³/mol. The number of nitriles is 1. The Morgan fingerprint density at radius 1 is 1.57 bits per heavy atom. The normalized spacial score (nSPS) is 9.21. The van der Waals surface area contributed by atoms with E-state index >= 15 is 0 Å². The molecule has 14 heavy (non-hydrogen) atoms. The number of carboxylic acids is 1. The van der Waals surface area contributed by atoms with Crippen LogP contribution in [0.3, 0.4) is 0 Å². The maximum Gasteiger partial charge on any atom is 0.336 e. The first-order valence-corrected chi connectivity index (χ1v) is 3.92. The van der Waals surface area contributed by atoms with Gasteiger partial charge in [0.15, 0.2) is 0 Å². The van der Waals surface area contributed by atoms with Gasteiger partial charge < -0.3 is 9.84 Å². The van der Waals surface area contributed by atoms with E-state index in [9.17, 15) is 4.79 Å². The van der Waals surface area contributed by atoms with Crippen LogP contribution in [-0.4, -0.2) is 18.2 Å². The van der Waals surface area contributed by atoms with E-state index < -0.39 is 5.97 Å². The lowest BCUT2D eigenvalue weighted by molar-refractivity contribution is 0.0695. The van der Waals surface area contributed by atoms with Crippen molar-refractivity contribution in [2.45, 2.75) is 6.92 Å². The van der Waals surface area contributed by atoms with Gasteiger partial charge in [-0.15, -0.1) is 0 Å². The molecular weight excluding hydrogens is 182 g/mol. The second-order valence-corrected chi connectivity index (χ2v) is 2.76. The summed E-state index contributed by atoms with van der Waals surface area (Å²) in [7, 11) is 1.43. The lowest BCUT2D eigenvalue weighted by Gasteiger charge is -2.06. The highest BCUT2D eigenvalue weighted by Gasteiger charge is 2.12. The molecular formula is C10H9NO3. The Hall–Kier alpha value is -2.02. The number of hydrogen-bond acceptors (Lipinski definition) is 3. The van der Waals surface area contributed by atoms with E-state index in [2.05, 4.69) is 0 Å². The van der Waals surface area contributed by atoms with Crippen molar-refractivity contribution in [1.82, 2.24) is 0 Å². The van der Waals surface area contributed by atoms with Gasteiger partial charge >= 0.3 is 5.97 Å². The van der Waals surface area contributed by atoms with Crippen LogP contribution in [0.4, 0.5) is 0 Å². The molecule has 1 N–H and O–H groups in total. The molecule has 0 spiro atoms. The number of carbonyl (C=O) groups is 1. The van der Waals surface area contributed by atoms with Crippen molar-refractivity contribution in [2.75, 3.05) is 7.11 Å². The monoisotopic (exact) mass is 191 g/mol. The summed E-state index contributed by atoms with van der Waals surface area (Å²) in [5.41, 5.74) is 0.878.